The van der Waals surface area contributed by atoms with Crippen molar-refractivity contribution in [3.63, 3.8) is 0 Å². The molecular weight excluding hydrogens is 261 g/mol. The van der Waals surface area contributed by atoms with Crippen molar-refractivity contribution in [2.24, 2.45) is 11.7 Å². The third-order valence-electron chi connectivity index (χ3n) is 3.13. The summed E-state index contributed by atoms with van der Waals surface area (Å²) in [5.41, 5.74) is 6.22. The van der Waals surface area contributed by atoms with Gasteiger partial charge < -0.3 is 15.0 Å². The van der Waals surface area contributed by atoms with E-state index < -0.39 is 5.82 Å². The molecule has 20 heavy (non-hydrogen) atoms. The predicted molar refractivity (Wildman–Crippen MR) is 72.8 cm³/mol. The zero-order valence-electron chi connectivity index (χ0n) is 11.6. The maximum atomic E-state index is 13.3. The molecule has 0 bridgehead atoms. The molecule has 2 N–H and O–H groups in total. The van der Waals surface area contributed by atoms with Crippen molar-refractivity contribution in [2.45, 2.75) is 19.8 Å². The third-order valence-corrected chi connectivity index (χ3v) is 3.13. The molecule has 0 aliphatic heterocycles. The lowest BCUT2D eigenvalue weighted by Gasteiger charge is -2.04. The van der Waals surface area contributed by atoms with Gasteiger partial charge >= 0.3 is 0 Å². The van der Waals surface area contributed by atoms with E-state index in [2.05, 4.69) is 17.1 Å². The van der Waals surface area contributed by atoms with Gasteiger partial charge in [-0.25, -0.2) is 4.39 Å². The van der Waals surface area contributed by atoms with Gasteiger partial charge in [-0.3, -0.25) is 0 Å². The van der Waals surface area contributed by atoms with Crippen molar-refractivity contribution < 1.29 is 13.7 Å². The van der Waals surface area contributed by atoms with E-state index in [0.29, 0.717) is 36.2 Å². The first-order chi connectivity index (χ1) is 9.63. The van der Waals surface area contributed by atoms with Crippen LogP contribution in [0.5, 0.6) is 5.75 Å². The Labute approximate surface area is 116 Å². The highest BCUT2D eigenvalue weighted by Gasteiger charge is 2.12. The second-order valence-corrected chi connectivity index (χ2v) is 4.74. The molecule has 5 nitrogen and oxygen atoms in total. The molecule has 2 rings (SSSR count). The van der Waals surface area contributed by atoms with Crippen molar-refractivity contribution in [2.75, 3.05) is 13.7 Å². The molecule has 2 aromatic rings. The fraction of sp³-hybridized carbons (Fsp3) is 0.429. The van der Waals surface area contributed by atoms with E-state index in [9.17, 15) is 4.39 Å². The van der Waals surface area contributed by atoms with Crippen LogP contribution in [0.1, 0.15) is 19.2 Å². The van der Waals surface area contributed by atoms with Gasteiger partial charge in [-0.1, -0.05) is 12.1 Å². The molecule has 108 valence electrons. The zero-order chi connectivity index (χ0) is 14.5. The summed E-state index contributed by atoms with van der Waals surface area (Å²) in [7, 11) is 1.41. The maximum absolute atomic E-state index is 13.3. The highest BCUT2D eigenvalue weighted by Crippen LogP contribution is 2.24. The van der Waals surface area contributed by atoms with E-state index in [0.717, 1.165) is 6.42 Å². The molecule has 1 unspecified atom stereocenters. The minimum Gasteiger partial charge on any atom is -0.494 e. The summed E-state index contributed by atoms with van der Waals surface area (Å²) in [5, 5.41) is 3.90. The van der Waals surface area contributed by atoms with Crippen molar-refractivity contribution in [3.8, 4) is 17.1 Å². The number of halogens is 1. The van der Waals surface area contributed by atoms with Crippen LogP contribution in [-0.2, 0) is 6.42 Å². The number of nitrogens with zero attached hydrogens (tertiary/aromatic N) is 2. The predicted octanol–water partition coefficient (Wildman–Crippen LogP) is 2.41. The monoisotopic (exact) mass is 279 g/mol. The van der Waals surface area contributed by atoms with Gasteiger partial charge in [-0.2, -0.15) is 4.98 Å². The topological polar surface area (TPSA) is 74.2 Å². The minimum absolute atomic E-state index is 0.158. The Balaban J connectivity index is 2.12. The first kappa shape index (κ1) is 14.5. The zero-order valence-corrected chi connectivity index (χ0v) is 11.6. The van der Waals surface area contributed by atoms with Crippen LogP contribution in [0.4, 0.5) is 4.39 Å². The second kappa shape index (κ2) is 6.47. The highest BCUT2D eigenvalue weighted by atomic mass is 19.1. The molecule has 6 heteroatoms. The Morgan fingerprint density at radius 2 is 2.25 bits per heavy atom. The summed E-state index contributed by atoms with van der Waals surface area (Å²) >= 11 is 0. The van der Waals surface area contributed by atoms with Crippen LogP contribution in [0.2, 0.25) is 0 Å². The van der Waals surface area contributed by atoms with Crippen LogP contribution in [0.15, 0.2) is 22.7 Å². The average molecular weight is 279 g/mol. The molecule has 0 spiro atoms. The number of aryl methyl sites for hydroxylation is 1. The summed E-state index contributed by atoms with van der Waals surface area (Å²) in [6.45, 7) is 2.71. The fourth-order valence-corrected chi connectivity index (χ4v) is 1.76. The number of nitrogens with two attached hydrogens (primary N) is 1. The summed E-state index contributed by atoms with van der Waals surface area (Å²) in [4.78, 5) is 4.30. The molecule has 1 atom stereocenters. The molecule has 1 aromatic carbocycles. The minimum atomic E-state index is -0.420. The highest BCUT2D eigenvalue weighted by molar-refractivity contribution is 5.57. The first-order valence-electron chi connectivity index (χ1n) is 6.50. The van der Waals surface area contributed by atoms with Gasteiger partial charge in [0.15, 0.2) is 11.6 Å². The third kappa shape index (κ3) is 3.33. The van der Waals surface area contributed by atoms with E-state index in [-0.39, 0.29) is 5.75 Å². The van der Waals surface area contributed by atoms with Crippen molar-refractivity contribution in [3.05, 3.63) is 29.9 Å². The average Bonchev–Trinajstić information content (AvgIpc) is 2.94. The van der Waals surface area contributed by atoms with Crippen LogP contribution in [-0.4, -0.2) is 23.8 Å². The van der Waals surface area contributed by atoms with Gasteiger partial charge in [0.25, 0.3) is 0 Å². The Morgan fingerprint density at radius 3 is 2.95 bits per heavy atom. The van der Waals surface area contributed by atoms with Gasteiger partial charge in [-0.05, 0) is 37.1 Å². The molecule has 0 saturated carbocycles. The summed E-state index contributed by atoms with van der Waals surface area (Å²) in [5.74, 6) is 1.14. The number of methoxy groups -OCH3 is 1. The Bertz CT molecular complexity index is 571. The molecule has 1 heterocycles. The maximum Gasteiger partial charge on any atom is 0.226 e. The number of benzene rings is 1. The fourth-order valence-electron chi connectivity index (χ4n) is 1.76. The van der Waals surface area contributed by atoms with Gasteiger partial charge in [0.2, 0.25) is 11.7 Å². The molecule has 1 aromatic heterocycles. The summed E-state index contributed by atoms with van der Waals surface area (Å²) in [6.07, 6.45) is 1.58. The number of ether oxygens (including phenoxy) is 1. The number of hydrogen-bond donors (Lipinski definition) is 1. The number of aromatic nitrogens is 2. The second-order valence-electron chi connectivity index (χ2n) is 4.74. The lowest BCUT2D eigenvalue weighted by atomic mass is 10.1. The van der Waals surface area contributed by atoms with Gasteiger partial charge in [-0.15, -0.1) is 0 Å². The molecule has 0 radical (unpaired) electrons. The van der Waals surface area contributed by atoms with E-state index in [4.69, 9.17) is 15.0 Å². The number of rotatable bonds is 6. The van der Waals surface area contributed by atoms with Crippen LogP contribution >= 0.6 is 0 Å². The van der Waals surface area contributed by atoms with Crippen molar-refractivity contribution in [1.29, 1.82) is 0 Å². The number of hydrogen-bond acceptors (Lipinski definition) is 5. The van der Waals surface area contributed by atoms with Crippen LogP contribution < -0.4 is 10.5 Å². The van der Waals surface area contributed by atoms with Crippen LogP contribution in [0.25, 0.3) is 11.4 Å². The SMILES string of the molecule is COc1cc(-c2noc(CCC(C)CN)n2)ccc1F. The van der Waals surface area contributed by atoms with Crippen LogP contribution in [0, 0.1) is 11.7 Å². The van der Waals surface area contributed by atoms with Crippen LogP contribution in [0.3, 0.4) is 0 Å². The van der Waals surface area contributed by atoms with E-state index in [1.54, 1.807) is 12.1 Å². The lowest BCUT2D eigenvalue weighted by molar-refractivity contribution is 0.366. The summed E-state index contributed by atoms with van der Waals surface area (Å²) in [6, 6.07) is 4.46. The van der Waals surface area contributed by atoms with Gasteiger partial charge in [0.1, 0.15) is 0 Å². The Hall–Kier alpha value is -1.95. The van der Waals surface area contributed by atoms with Gasteiger partial charge in [0.05, 0.1) is 7.11 Å². The molecule has 0 saturated heterocycles. The standard InChI is InChI=1S/C14H18FN3O2/c1-9(8-16)3-6-13-17-14(18-20-13)10-4-5-11(15)12(7-10)19-2/h4-5,7,9H,3,6,8,16H2,1-2H3. The molecule has 0 aliphatic carbocycles. The Morgan fingerprint density at radius 1 is 1.45 bits per heavy atom. The van der Waals surface area contributed by atoms with E-state index >= 15 is 0 Å². The molecular formula is C14H18FN3O2. The van der Waals surface area contributed by atoms with Crippen molar-refractivity contribution >= 4 is 0 Å². The molecule has 0 aliphatic rings. The van der Waals surface area contributed by atoms with E-state index in [1.807, 2.05) is 0 Å². The van der Waals surface area contributed by atoms with Crippen molar-refractivity contribution in [1.82, 2.24) is 10.1 Å². The first-order valence-corrected chi connectivity index (χ1v) is 6.50. The smallest absolute Gasteiger partial charge is 0.226 e. The largest absolute Gasteiger partial charge is 0.494 e. The summed E-state index contributed by atoms with van der Waals surface area (Å²) < 4.78 is 23.5. The molecule has 0 amide bonds. The normalized spacial score (nSPS) is 12.4. The quantitative estimate of drug-likeness (QED) is 0.879. The molecule has 0 fully saturated rings. The van der Waals surface area contributed by atoms with E-state index in [1.165, 1.54) is 13.2 Å². The van der Waals surface area contributed by atoms with Gasteiger partial charge in [0, 0.05) is 12.0 Å². The lowest BCUT2D eigenvalue weighted by Crippen LogP contribution is -2.11. The Kier molecular flexibility index (Phi) is 4.68.